The lowest BCUT2D eigenvalue weighted by Gasteiger charge is -2.39. The molecule has 1 unspecified atom stereocenters. The molecule has 0 heterocycles. The Kier molecular flexibility index (Phi) is 7.26. The topological polar surface area (TPSA) is 26.3 Å². The van der Waals surface area contributed by atoms with Gasteiger partial charge in [0.2, 0.25) is 0 Å². The molecule has 156 valence electrons. The van der Waals surface area contributed by atoms with Crippen LogP contribution in [0, 0.1) is 6.92 Å². The standard InChI is InChI=1S/C23H24Cl2F2O2/c1-14(2)21(16-6-7-17(13-28)15(3)8-16)12-23(29-5,22(4,26)27)18-9-19(24)11-20(25)10-18/h6-11,13H,12H2,1-5H3. The van der Waals surface area contributed by atoms with E-state index >= 15 is 8.78 Å². The van der Waals surface area contributed by atoms with E-state index in [1.807, 2.05) is 26.8 Å². The Hall–Kier alpha value is -1.75. The van der Waals surface area contributed by atoms with Gasteiger partial charge in [0, 0.05) is 36.1 Å². The molecule has 0 saturated heterocycles. The third-order valence-corrected chi connectivity index (χ3v) is 5.60. The molecule has 0 bridgehead atoms. The smallest absolute Gasteiger partial charge is 0.278 e. The molecule has 1 atom stereocenters. The third kappa shape index (κ3) is 4.88. The summed E-state index contributed by atoms with van der Waals surface area (Å²) in [5.41, 5.74) is 1.87. The SMILES string of the molecule is COC(CC(=C(C)C)c1ccc(C=O)c(C)c1)(c1cc(Cl)cc(Cl)c1)C(C)(F)F. The molecule has 0 saturated carbocycles. The lowest BCUT2D eigenvalue weighted by Crippen LogP contribution is -2.45. The van der Waals surface area contributed by atoms with Gasteiger partial charge in [-0.3, -0.25) is 4.79 Å². The van der Waals surface area contributed by atoms with Gasteiger partial charge >= 0.3 is 0 Å². The average molecular weight is 441 g/mol. The molecule has 0 amide bonds. The summed E-state index contributed by atoms with van der Waals surface area (Å²) in [4.78, 5) is 11.1. The van der Waals surface area contributed by atoms with Gasteiger partial charge in [-0.2, -0.15) is 0 Å². The van der Waals surface area contributed by atoms with Crippen LogP contribution in [-0.2, 0) is 10.3 Å². The summed E-state index contributed by atoms with van der Waals surface area (Å²) >= 11 is 12.2. The molecule has 2 rings (SSSR count). The zero-order chi connectivity index (χ0) is 22.0. The van der Waals surface area contributed by atoms with E-state index in [1.54, 1.807) is 12.1 Å². The van der Waals surface area contributed by atoms with Crippen molar-refractivity contribution >= 4 is 35.1 Å². The van der Waals surface area contributed by atoms with Crippen LogP contribution in [0.15, 0.2) is 42.0 Å². The first kappa shape index (κ1) is 23.5. The average Bonchev–Trinajstić information content (AvgIpc) is 2.60. The molecular weight excluding hydrogens is 417 g/mol. The highest BCUT2D eigenvalue weighted by Crippen LogP contribution is 2.48. The molecule has 0 aliphatic carbocycles. The summed E-state index contributed by atoms with van der Waals surface area (Å²) in [7, 11) is 1.26. The summed E-state index contributed by atoms with van der Waals surface area (Å²) in [6, 6.07) is 9.68. The quantitative estimate of drug-likeness (QED) is 0.416. The van der Waals surface area contributed by atoms with Crippen molar-refractivity contribution in [2.75, 3.05) is 7.11 Å². The summed E-state index contributed by atoms with van der Waals surface area (Å²) in [5.74, 6) is -3.24. The number of aryl methyl sites for hydroxylation is 1. The van der Waals surface area contributed by atoms with Crippen molar-refractivity contribution in [2.45, 2.75) is 45.6 Å². The Morgan fingerprint density at radius 2 is 1.69 bits per heavy atom. The van der Waals surface area contributed by atoms with Gasteiger partial charge in [-0.05, 0) is 61.2 Å². The number of allylic oxidation sites excluding steroid dienone is 1. The van der Waals surface area contributed by atoms with Crippen molar-refractivity contribution in [3.8, 4) is 0 Å². The maximum Gasteiger partial charge on any atom is 0.278 e. The van der Waals surface area contributed by atoms with E-state index in [1.165, 1.54) is 25.3 Å². The summed E-state index contributed by atoms with van der Waals surface area (Å²) in [6.07, 6.45) is 0.667. The van der Waals surface area contributed by atoms with Crippen molar-refractivity contribution < 1.29 is 18.3 Å². The van der Waals surface area contributed by atoms with Gasteiger partial charge < -0.3 is 4.74 Å². The Labute approximate surface area is 180 Å². The van der Waals surface area contributed by atoms with E-state index in [9.17, 15) is 4.79 Å². The molecular formula is C23H24Cl2F2O2. The van der Waals surface area contributed by atoms with Crippen LogP contribution in [0.5, 0.6) is 0 Å². The molecule has 0 N–H and O–H groups in total. The minimum atomic E-state index is -3.24. The molecule has 0 aromatic heterocycles. The third-order valence-electron chi connectivity index (χ3n) is 5.16. The van der Waals surface area contributed by atoms with Gasteiger partial charge in [-0.25, -0.2) is 8.78 Å². The molecule has 2 aromatic carbocycles. The van der Waals surface area contributed by atoms with Crippen LogP contribution in [0.1, 0.15) is 54.2 Å². The largest absolute Gasteiger partial charge is 0.367 e. The van der Waals surface area contributed by atoms with Crippen LogP contribution < -0.4 is 0 Å². The Morgan fingerprint density at radius 1 is 1.10 bits per heavy atom. The van der Waals surface area contributed by atoms with Crippen molar-refractivity contribution in [1.29, 1.82) is 0 Å². The number of ether oxygens (including phenoxy) is 1. The second-order valence-corrected chi connectivity index (χ2v) is 8.30. The highest BCUT2D eigenvalue weighted by molar-refractivity contribution is 6.34. The van der Waals surface area contributed by atoms with E-state index in [-0.39, 0.29) is 22.0 Å². The van der Waals surface area contributed by atoms with Crippen molar-refractivity contribution in [3.63, 3.8) is 0 Å². The lowest BCUT2D eigenvalue weighted by atomic mass is 9.79. The number of halogens is 4. The second-order valence-electron chi connectivity index (χ2n) is 7.42. The number of aldehydes is 1. The van der Waals surface area contributed by atoms with Gasteiger partial charge in [0.25, 0.3) is 5.92 Å². The fraction of sp³-hybridized carbons (Fsp3) is 0.348. The first-order valence-corrected chi connectivity index (χ1v) is 9.83. The van der Waals surface area contributed by atoms with Gasteiger partial charge in [-0.15, -0.1) is 0 Å². The molecule has 0 aliphatic rings. The summed E-state index contributed by atoms with van der Waals surface area (Å²) < 4.78 is 35.6. The molecule has 0 fully saturated rings. The van der Waals surface area contributed by atoms with Crippen molar-refractivity contribution in [1.82, 2.24) is 0 Å². The molecule has 2 nitrogen and oxygen atoms in total. The highest BCUT2D eigenvalue weighted by Gasteiger charge is 2.52. The predicted molar refractivity (Wildman–Crippen MR) is 115 cm³/mol. The Bertz CT molecular complexity index is 924. The second kappa shape index (κ2) is 8.95. The van der Waals surface area contributed by atoms with Gasteiger partial charge in [0.1, 0.15) is 6.29 Å². The molecule has 29 heavy (non-hydrogen) atoms. The van der Waals surface area contributed by atoms with Crippen LogP contribution in [0.25, 0.3) is 5.57 Å². The monoisotopic (exact) mass is 440 g/mol. The maximum absolute atomic E-state index is 15.0. The minimum Gasteiger partial charge on any atom is -0.367 e. The van der Waals surface area contributed by atoms with E-state index in [2.05, 4.69) is 0 Å². The number of rotatable bonds is 7. The number of carbonyl (C=O) groups is 1. The van der Waals surface area contributed by atoms with E-state index in [4.69, 9.17) is 27.9 Å². The molecule has 2 aromatic rings. The summed E-state index contributed by atoms with van der Waals surface area (Å²) in [5, 5.41) is 0.506. The summed E-state index contributed by atoms with van der Waals surface area (Å²) in [6.45, 7) is 6.36. The molecule has 0 aliphatic heterocycles. The van der Waals surface area contributed by atoms with Crippen LogP contribution in [0.2, 0.25) is 10.0 Å². The number of hydrogen-bond donors (Lipinski definition) is 0. The van der Waals surface area contributed by atoms with Gasteiger partial charge in [0.15, 0.2) is 5.60 Å². The number of benzene rings is 2. The normalized spacial score (nSPS) is 13.7. The van der Waals surface area contributed by atoms with E-state index in [0.29, 0.717) is 11.1 Å². The number of alkyl halides is 2. The van der Waals surface area contributed by atoms with Crippen LogP contribution >= 0.6 is 23.2 Å². The fourth-order valence-electron chi connectivity index (χ4n) is 3.48. The maximum atomic E-state index is 15.0. The Morgan fingerprint density at radius 3 is 2.10 bits per heavy atom. The van der Waals surface area contributed by atoms with Crippen LogP contribution in [-0.4, -0.2) is 19.3 Å². The van der Waals surface area contributed by atoms with Crippen LogP contribution in [0.4, 0.5) is 8.78 Å². The number of methoxy groups -OCH3 is 1. The van der Waals surface area contributed by atoms with Crippen LogP contribution in [0.3, 0.4) is 0 Å². The minimum absolute atomic E-state index is 0.105. The predicted octanol–water partition coefficient (Wildman–Crippen LogP) is 7.49. The molecule has 0 radical (unpaired) electrons. The highest BCUT2D eigenvalue weighted by atomic mass is 35.5. The number of hydrogen-bond acceptors (Lipinski definition) is 2. The molecule has 6 heteroatoms. The first-order valence-electron chi connectivity index (χ1n) is 9.07. The van der Waals surface area contributed by atoms with E-state index < -0.39 is 11.5 Å². The first-order chi connectivity index (χ1) is 13.4. The van der Waals surface area contributed by atoms with Gasteiger partial charge in [-0.1, -0.05) is 47.0 Å². The number of carbonyl (C=O) groups excluding carboxylic acids is 1. The lowest BCUT2D eigenvalue weighted by molar-refractivity contribution is -0.190. The van der Waals surface area contributed by atoms with Crippen molar-refractivity contribution in [2.24, 2.45) is 0 Å². The van der Waals surface area contributed by atoms with E-state index in [0.717, 1.165) is 29.9 Å². The fourth-order valence-corrected chi connectivity index (χ4v) is 4.01. The van der Waals surface area contributed by atoms with Crippen molar-refractivity contribution in [3.05, 3.63) is 74.3 Å². The zero-order valence-corrected chi connectivity index (χ0v) is 18.6. The Balaban J connectivity index is 2.69. The van der Waals surface area contributed by atoms with Gasteiger partial charge in [0.05, 0.1) is 0 Å². The molecule has 0 spiro atoms. The zero-order valence-electron chi connectivity index (χ0n) is 17.1.